The van der Waals surface area contributed by atoms with Gasteiger partial charge in [-0.1, -0.05) is 41.9 Å². The van der Waals surface area contributed by atoms with Crippen LogP contribution in [0.4, 0.5) is 0 Å². The molecular weight excluding hydrogens is 486 g/mol. The summed E-state index contributed by atoms with van der Waals surface area (Å²) in [6.45, 7) is 1.69. The number of carbonyl (C=O) groups excluding carboxylic acids is 1. The Labute approximate surface area is 219 Å². The quantitative estimate of drug-likeness (QED) is 0.388. The molecule has 3 aromatic carbocycles. The largest absolute Gasteiger partial charge is 0.456 e. The molecule has 6 bridgehead atoms. The summed E-state index contributed by atoms with van der Waals surface area (Å²) in [6, 6.07) is 22.6. The minimum atomic E-state index is -0.332. The fourth-order valence-corrected chi connectivity index (χ4v) is 5.35. The molecule has 0 radical (unpaired) electrons. The van der Waals surface area contributed by atoms with Gasteiger partial charge in [0.15, 0.2) is 0 Å². The number of amides is 1. The van der Waals surface area contributed by atoms with E-state index in [4.69, 9.17) is 16.3 Å². The molecule has 0 aliphatic carbocycles. The molecule has 37 heavy (non-hydrogen) atoms. The van der Waals surface area contributed by atoms with Crippen LogP contribution >= 0.6 is 11.6 Å². The van der Waals surface area contributed by atoms with Gasteiger partial charge in [0.05, 0.1) is 29.7 Å². The molecule has 2 aliphatic rings. The minimum absolute atomic E-state index is 0.0476. The first kappa shape index (κ1) is 23.3. The zero-order valence-corrected chi connectivity index (χ0v) is 20.7. The first-order valence-corrected chi connectivity index (χ1v) is 12.6. The zero-order chi connectivity index (χ0) is 25.4. The van der Waals surface area contributed by atoms with Crippen molar-refractivity contribution in [3.05, 3.63) is 112 Å². The van der Waals surface area contributed by atoms with Crippen LogP contribution in [-0.4, -0.2) is 32.9 Å². The number of aromatic nitrogens is 2. The van der Waals surface area contributed by atoms with Crippen LogP contribution in [0.15, 0.2) is 79.3 Å². The standard InChI is InChI=1S/C29H24ClN5O2/c30-23-5-1-3-20(12-23)28-21-4-2-6-25(13-21)37-27-11-19(7-8-22(27)14-31)17-34-18-32-15-24(34)16-33-26-9-10-35(28)29(26)36/h1-8,11-13,15,18,26,28,33H,9-10,16-17H2/t26-,28-/m0/s1. The third kappa shape index (κ3) is 4.57. The van der Waals surface area contributed by atoms with E-state index in [1.807, 2.05) is 76.3 Å². The Morgan fingerprint density at radius 1 is 1.08 bits per heavy atom. The van der Waals surface area contributed by atoms with Crippen molar-refractivity contribution in [1.82, 2.24) is 19.8 Å². The van der Waals surface area contributed by atoms with Gasteiger partial charge in [-0.25, -0.2) is 4.98 Å². The normalized spacial score (nSPS) is 19.1. The van der Waals surface area contributed by atoms with Gasteiger partial charge >= 0.3 is 0 Å². The second-order valence-electron chi connectivity index (χ2n) is 9.34. The number of hydrogen-bond acceptors (Lipinski definition) is 5. The average molecular weight is 510 g/mol. The SMILES string of the molecule is N#Cc1ccc2cc1Oc1cccc(c1)[C@H](c1cccc(Cl)c1)N1CC[C@H](NCc3cncn3C2)C1=O. The molecule has 184 valence electrons. The predicted octanol–water partition coefficient (Wildman–Crippen LogP) is 5.04. The lowest BCUT2D eigenvalue weighted by atomic mass is 9.97. The Morgan fingerprint density at radius 2 is 1.92 bits per heavy atom. The monoisotopic (exact) mass is 509 g/mol. The van der Waals surface area contributed by atoms with Gasteiger partial charge in [0.1, 0.15) is 17.6 Å². The fraction of sp³-hybridized carbons (Fsp3) is 0.207. The highest BCUT2D eigenvalue weighted by Gasteiger charge is 2.37. The Bertz CT molecular complexity index is 1520. The Kier molecular flexibility index (Phi) is 6.13. The first-order chi connectivity index (χ1) is 18.1. The van der Waals surface area contributed by atoms with E-state index in [1.54, 1.807) is 12.4 Å². The molecule has 0 spiro atoms. The second-order valence-corrected chi connectivity index (χ2v) is 9.78. The predicted molar refractivity (Wildman–Crippen MR) is 139 cm³/mol. The van der Waals surface area contributed by atoms with E-state index in [0.717, 1.165) is 22.4 Å². The molecule has 7 nitrogen and oxygen atoms in total. The van der Waals surface area contributed by atoms with E-state index in [9.17, 15) is 10.1 Å². The molecule has 8 heteroatoms. The van der Waals surface area contributed by atoms with E-state index in [0.29, 0.717) is 48.1 Å². The number of ether oxygens (including phenoxy) is 1. The van der Waals surface area contributed by atoms with Crippen molar-refractivity contribution in [3.8, 4) is 17.6 Å². The summed E-state index contributed by atoms with van der Waals surface area (Å²) in [5.41, 5.74) is 4.25. The van der Waals surface area contributed by atoms with Gasteiger partial charge in [0.2, 0.25) is 5.91 Å². The van der Waals surface area contributed by atoms with Crippen molar-refractivity contribution in [1.29, 1.82) is 5.26 Å². The van der Waals surface area contributed by atoms with Crippen molar-refractivity contribution in [3.63, 3.8) is 0 Å². The van der Waals surface area contributed by atoms with Crippen molar-refractivity contribution >= 4 is 17.5 Å². The lowest BCUT2D eigenvalue weighted by molar-refractivity contribution is -0.130. The highest BCUT2D eigenvalue weighted by molar-refractivity contribution is 6.30. The van der Waals surface area contributed by atoms with Crippen molar-refractivity contribution < 1.29 is 9.53 Å². The Hall–Kier alpha value is -4.12. The summed E-state index contributed by atoms with van der Waals surface area (Å²) in [7, 11) is 0. The molecule has 1 fully saturated rings. The summed E-state index contributed by atoms with van der Waals surface area (Å²) in [5, 5.41) is 13.8. The molecule has 6 rings (SSSR count). The number of halogens is 1. The Balaban J connectivity index is 1.48. The molecule has 1 N–H and O–H groups in total. The maximum atomic E-state index is 13.7. The van der Waals surface area contributed by atoms with E-state index in [1.165, 1.54) is 0 Å². The van der Waals surface area contributed by atoms with E-state index >= 15 is 0 Å². The van der Waals surface area contributed by atoms with Crippen molar-refractivity contribution in [2.75, 3.05) is 6.54 Å². The highest BCUT2D eigenvalue weighted by Crippen LogP contribution is 2.36. The molecule has 2 aliphatic heterocycles. The van der Waals surface area contributed by atoms with E-state index in [-0.39, 0.29) is 18.0 Å². The number of nitriles is 1. The van der Waals surface area contributed by atoms with Crippen LogP contribution in [-0.2, 0) is 17.9 Å². The molecule has 2 atom stereocenters. The second kappa shape index (κ2) is 9.74. The minimum Gasteiger partial charge on any atom is -0.456 e. The lowest BCUT2D eigenvalue weighted by Gasteiger charge is -2.30. The van der Waals surface area contributed by atoms with Gasteiger partial charge in [0, 0.05) is 30.9 Å². The highest BCUT2D eigenvalue weighted by atomic mass is 35.5. The number of nitrogens with one attached hydrogen (secondary N) is 1. The Morgan fingerprint density at radius 3 is 2.76 bits per heavy atom. The molecule has 0 saturated carbocycles. The molecule has 1 amide bonds. The van der Waals surface area contributed by atoms with Crippen LogP contribution in [0.5, 0.6) is 11.5 Å². The third-order valence-electron chi connectivity index (χ3n) is 6.97. The van der Waals surface area contributed by atoms with E-state index < -0.39 is 0 Å². The van der Waals surface area contributed by atoms with Gasteiger partial charge in [0.25, 0.3) is 0 Å². The molecule has 1 aromatic heterocycles. The van der Waals surface area contributed by atoms with Crippen LogP contribution < -0.4 is 10.1 Å². The number of benzene rings is 3. The summed E-state index contributed by atoms with van der Waals surface area (Å²) < 4.78 is 8.31. The number of fused-ring (bicyclic) bond motifs is 7. The number of hydrogen-bond donors (Lipinski definition) is 1. The molecule has 4 aromatic rings. The molecular formula is C29H24ClN5O2. The fourth-order valence-electron chi connectivity index (χ4n) is 5.16. The smallest absolute Gasteiger partial charge is 0.240 e. The van der Waals surface area contributed by atoms with Gasteiger partial charge in [-0.3, -0.25) is 4.79 Å². The van der Waals surface area contributed by atoms with Gasteiger partial charge in [-0.2, -0.15) is 5.26 Å². The molecule has 0 unspecified atom stereocenters. The summed E-state index contributed by atoms with van der Waals surface area (Å²) in [5.74, 6) is 1.13. The third-order valence-corrected chi connectivity index (χ3v) is 7.20. The van der Waals surface area contributed by atoms with Crippen LogP contribution in [0, 0.1) is 11.3 Å². The summed E-state index contributed by atoms with van der Waals surface area (Å²) >= 11 is 6.37. The van der Waals surface area contributed by atoms with Crippen LogP contribution in [0.1, 0.15) is 40.4 Å². The molecule has 3 heterocycles. The molecule has 1 saturated heterocycles. The number of rotatable bonds is 1. The van der Waals surface area contributed by atoms with E-state index in [2.05, 4.69) is 16.4 Å². The number of nitrogens with zero attached hydrogens (tertiary/aromatic N) is 4. The zero-order valence-electron chi connectivity index (χ0n) is 20.0. The number of imidazole rings is 1. The van der Waals surface area contributed by atoms with Crippen molar-refractivity contribution in [2.45, 2.75) is 31.6 Å². The summed E-state index contributed by atoms with van der Waals surface area (Å²) in [4.78, 5) is 19.9. The van der Waals surface area contributed by atoms with Gasteiger partial charge < -0.3 is 19.5 Å². The maximum absolute atomic E-state index is 13.7. The average Bonchev–Trinajstić information content (AvgIpc) is 3.49. The van der Waals surface area contributed by atoms with Crippen molar-refractivity contribution in [2.24, 2.45) is 0 Å². The topological polar surface area (TPSA) is 83.2 Å². The number of carbonyl (C=O) groups is 1. The van der Waals surface area contributed by atoms with Gasteiger partial charge in [-0.15, -0.1) is 0 Å². The van der Waals surface area contributed by atoms with Gasteiger partial charge in [-0.05, 0) is 59.5 Å². The van der Waals surface area contributed by atoms with Crippen LogP contribution in [0.25, 0.3) is 0 Å². The maximum Gasteiger partial charge on any atom is 0.240 e. The van der Waals surface area contributed by atoms with Crippen LogP contribution in [0.3, 0.4) is 0 Å². The lowest BCUT2D eigenvalue weighted by Crippen LogP contribution is -2.40. The first-order valence-electron chi connectivity index (χ1n) is 12.2. The summed E-state index contributed by atoms with van der Waals surface area (Å²) in [6.07, 6.45) is 4.29. The van der Waals surface area contributed by atoms with Crippen LogP contribution in [0.2, 0.25) is 5.02 Å².